The van der Waals surface area contributed by atoms with Crippen molar-refractivity contribution in [2.75, 3.05) is 25.5 Å². The van der Waals surface area contributed by atoms with E-state index in [4.69, 9.17) is 11.6 Å². The predicted octanol–water partition coefficient (Wildman–Crippen LogP) is 2.44. The molecule has 1 N–H and O–H groups in total. The minimum atomic E-state index is 0.471. The van der Waals surface area contributed by atoms with Crippen molar-refractivity contribution in [2.24, 2.45) is 0 Å². The van der Waals surface area contributed by atoms with Crippen LogP contribution in [0, 0.1) is 0 Å². The third kappa shape index (κ3) is 1.72. The summed E-state index contributed by atoms with van der Waals surface area (Å²) in [4.78, 5) is 2.06. The molecule has 0 amide bonds. The van der Waals surface area contributed by atoms with E-state index >= 15 is 0 Å². The molecule has 1 atom stereocenters. The molecule has 0 bridgehead atoms. The first-order valence-electron chi connectivity index (χ1n) is 4.88. The monoisotopic (exact) mass is 210 g/mol. The Labute approximate surface area is 89.9 Å². The molecular formula is C11H15ClN2. The molecule has 0 spiro atoms. The Bertz CT molecular complexity index is 332. The lowest BCUT2D eigenvalue weighted by molar-refractivity contribution is 0.383. The van der Waals surface area contributed by atoms with E-state index in [-0.39, 0.29) is 0 Å². The highest BCUT2D eigenvalue weighted by Gasteiger charge is 2.20. The van der Waals surface area contributed by atoms with Gasteiger partial charge in [0.1, 0.15) is 0 Å². The number of rotatable bonds is 2. The summed E-state index contributed by atoms with van der Waals surface area (Å²) in [6.07, 6.45) is 1.20. The van der Waals surface area contributed by atoms with Gasteiger partial charge in [0.15, 0.2) is 0 Å². The van der Waals surface area contributed by atoms with E-state index in [0.29, 0.717) is 6.04 Å². The van der Waals surface area contributed by atoms with Crippen molar-refractivity contribution < 1.29 is 0 Å². The van der Waals surface area contributed by atoms with Crippen molar-refractivity contribution in [3.8, 4) is 0 Å². The molecule has 1 aliphatic heterocycles. The molecule has 1 fully saturated rings. The first-order valence-corrected chi connectivity index (χ1v) is 5.26. The van der Waals surface area contributed by atoms with Gasteiger partial charge in [-0.25, -0.2) is 0 Å². The third-order valence-electron chi connectivity index (χ3n) is 2.70. The molecule has 3 heteroatoms. The van der Waals surface area contributed by atoms with Gasteiger partial charge in [0.25, 0.3) is 0 Å². The second kappa shape index (κ2) is 3.79. The van der Waals surface area contributed by atoms with Crippen LogP contribution >= 0.6 is 11.6 Å². The summed E-state index contributed by atoms with van der Waals surface area (Å²) in [6.45, 7) is 1.11. The van der Waals surface area contributed by atoms with Gasteiger partial charge in [-0.05, 0) is 30.7 Å². The van der Waals surface area contributed by atoms with Crippen LogP contribution < -0.4 is 10.2 Å². The van der Waals surface area contributed by atoms with Gasteiger partial charge >= 0.3 is 0 Å². The second-order valence-corrected chi connectivity index (χ2v) is 4.30. The highest BCUT2D eigenvalue weighted by Crippen LogP contribution is 2.31. The topological polar surface area (TPSA) is 15.3 Å². The number of anilines is 1. The lowest BCUT2D eigenvalue weighted by atomic mass is 9.98. The van der Waals surface area contributed by atoms with Gasteiger partial charge in [0.2, 0.25) is 0 Å². The van der Waals surface area contributed by atoms with E-state index in [2.05, 4.69) is 22.3 Å². The van der Waals surface area contributed by atoms with Crippen LogP contribution in [0.15, 0.2) is 18.2 Å². The summed E-state index contributed by atoms with van der Waals surface area (Å²) in [5.41, 5.74) is 2.38. The zero-order valence-corrected chi connectivity index (χ0v) is 9.30. The van der Waals surface area contributed by atoms with Crippen LogP contribution in [0.4, 0.5) is 5.69 Å². The average Bonchev–Trinajstić information content (AvgIpc) is 2.04. The fourth-order valence-electron chi connectivity index (χ4n) is 1.63. The van der Waals surface area contributed by atoms with Crippen molar-refractivity contribution in [1.29, 1.82) is 0 Å². The normalized spacial score (nSPS) is 20.4. The largest absolute Gasteiger partial charge is 0.378 e. The molecule has 0 aliphatic carbocycles. The number of halogens is 1. The van der Waals surface area contributed by atoms with E-state index in [1.54, 1.807) is 0 Å². The molecule has 0 aromatic heterocycles. The van der Waals surface area contributed by atoms with Crippen LogP contribution in [0.2, 0.25) is 5.02 Å². The fraction of sp³-hybridized carbons (Fsp3) is 0.455. The zero-order chi connectivity index (χ0) is 10.1. The quantitative estimate of drug-likeness (QED) is 0.807. The minimum Gasteiger partial charge on any atom is -0.378 e. The molecular weight excluding hydrogens is 196 g/mol. The van der Waals surface area contributed by atoms with Crippen LogP contribution in [0.3, 0.4) is 0 Å². The molecule has 14 heavy (non-hydrogen) atoms. The van der Waals surface area contributed by atoms with Crippen LogP contribution in [0.25, 0.3) is 0 Å². The van der Waals surface area contributed by atoms with E-state index in [9.17, 15) is 0 Å². The summed E-state index contributed by atoms with van der Waals surface area (Å²) < 4.78 is 0. The summed E-state index contributed by atoms with van der Waals surface area (Å²) in [5, 5.41) is 4.22. The lowest BCUT2D eigenvalue weighted by Gasteiger charge is -2.29. The Kier molecular flexibility index (Phi) is 2.66. The van der Waals surface area contributed by atoms with Gasteiger partial charge < -0.3 is 10.2 Å². The molecule has 1 saturated heterocycles. The smallest absolute Gasteiger partial charge is 0.0474 e. The molecule has 2 rings (SSSR count). The van der Waals surface area contributed by atoms with E-state index in [1.807, 2.05) is 20.2 Å². The van der Waals surface area contributed by atoms with Gasteiger partial charge in [0, 0.05) is 30.8 Å². The predicted molar refractivity (Wildman–Crippen MR) is 61.1 cm³/mol. The molecule has 2 nitrogen and oxygen atoms in total. The van der Waals surface area contributed by atoms with Gasteiger partial charge in [0.05, 0.1) is 0 Å². The highest BCUT2D eigenvalue weighted by atomic mass is 35.5. The van der Waals surface area contributed by atoms with Crippen molar-refractivity contribution >= 4 is 17.3 Å². The number of nitrogens with one attached hydrogen (secondary N) is 1. The van der Waals surface area contributed by atoms with Crippen molar-refractivity contribution in [2.45, 2.75) is 12.5 Å². The SMILES string of the molecule is CN(C)c1ccc(C2CCN2)c(Cl)c1. The van der Waals surface area contributed by atoms with E-state index < -0.39 is 0 Å². The number of benzene rings is 1. The minimum absolute atomic E-state index is 0.471. The molecule has 1 aliphatic rings. The molecule has 1 heterocycles. The average molecular weight is 211 g/mol. The van der Waals surface area contributed by atoms with E-state index in [1.165, 1.54) is 12.0 Å². The second-order valence-electron chi connectivity index (χ2n) is 3.90. The molecule has 0 radical (unpaired) electrons. The van der Waals surface area contributed by atoms with Gasteiger partial charge in [-0.3, -0.25) is 0 Å². The van der Waals surface area contributed by atoms with Crippen LogP contribution in [0.5, 0.6) is 0 Å². The van der Waals surface area contributed by atoms with Gasteiger partial charge in [-0.1, -0.05) is 17.7 Å². The Hall–Kier alpha value is -0.730. The van der Waals surface area contributed by atoms with Crippen molar-refractivity contribution in [1.82, 2.24) is 5.32 Å². The van der Waals surface area contributed by atoms with Gasteiger partial charge in [-0.15, -0.1) is 0 Å². The highest BCUT2D eigenvalue weighted by molar-refractivity contribution is 6.31. The van der Waals surface area contributed by atoms with E-state index in [0.717, 1.165) is 17.3 Å². The molecule has 1 aromatic rings. The summed E-state index contributed by atoms with van der Waals surface area (Å²) >= 11 is 6.21. The summed E-state index contributed by atoms with van der Waals surface area (Å²) in [7, 11) is 4.04. The van der Waals surface area contributed by atoms with Crippen molar-refractivity contribution in [3.05, 3.63) is 28.8 Å². The zero-order valence-electron chi connectivity index (χ0n) is 8.55. The maximum absolute atomic E-state index is 6.21. The summed E-state index contributed by atoms with van der Waals surface area (Å²) in [6, 6.07) is 6.73. The van der Waals surface area contributed by atoms with Crippen LogP contribution in [0.1, 0.15) is 18.0 Å². The molecule has 76 valence electrons. The number of nitrogens with zero attached hydrogens (tertiary/aromatic N) is 1. The number of hydrogen-bond acceptors (Lipinski definition) is 2. The molecule has 1 unspecified atom stereocenters. The Balaban J connectivity index is 2.26. The van der Waals surface area contributed by atoms with Crippen LogP contribution in [-0.4, -0.2) is 20.6 Å². The maximum Gasteiger partial charge on any atom is 0.0474 e. The van der Waals surface area contributed by atoms with Crippen molar-refractivity contribution in [3.63, 3.8) is 0 Å². The lowest BCUT2D eigenvalue weighted by Crippen LogP contribution is -2.35. The Morgan fingerprint density at radius 3 is 2.57 bits per heavy atom. The molecule has 0 saturated carbocycles. The maximum atomic E-state index is 6.21. The Morgan fingerprint density at radius 2 is 2.14 bits per heavy atom. The Morgan fingerprint density at radius 1 is 1.43 bits per heavy atom. The number of hydrogen-bond donors (Lipinski definition) is 1. The summed E-state index contributed by atoms with van der Waals surface area (Å²) in [5.74, 6) is 0. The standard InChI is InChI=1S/C11H15ClN2/c1-14(2)8-3-4-9(10(12)7-8)11-5-6-13-11/h3-4,7,11,13H,5-6H2,1-2H3. The first kappa shape index (κ1) is 9.81. The first-order chi connectivity index (χ1) is 6.68. The van der Waals surface area contributed by atoms with Crippen LogP contribution in [-0.2, 0) is 0 Å². The fourth-order valence-corrected chi connectivity index (χ4v) is 1.94. The molecule has 1 aromatic carbocycles. The third-order valence-corrected chi connectivity index (χ3v) is 3.03. The van der Waals surface area contributed by atoms with Gasteiger partial charge in [-0.2, -0.15) is 0 Å².